The van der Waals surface area contributed by atoms with Crippen LogP contribution < -0.4 is 4.90 Å². The average Bonchev–Trinajstić information content (AvgIpc) is 2.71. The first-order valence-corrected chi connectivity index (χ1v) is 9.26. The smallest absolute Gasteiger partial charge is 0.229 e. The number of anilines is 1. The quantitative estimate of drug-likeness (QED) is 0.600. The van der Waals surface area contributed by atoms with Crippen molar-refractivity contribution in [1.29, 1.82) is 0 Å². The van der Waals surface area contributed by atoms with Crippen molar-refractivity contribution < 1.29 is 4.79 Å². The molecule has 0 radical (unpaired) electrons. The number of carbonyl (C=O) groups excluding carboxylic acids is 1. The molecule has 0 saturated carbocycles. The van der Waals surface area contributed by atoms with Gasteiger partial charge in [-0.05, 0) is 23.8 Å². The van der Waals surface area contributed by atoms with Crippen LogP contribution in [0.3, 0.4) is 0 Å². The number of carbonyl (C=O) groups is 1. The summed E-state index contributed by atoms with van der Waals surface area (Å²) in [5.41, 5.74) is 4.56. The Labute approximate surface area is 163 Å². The highest BCUT2D eigenvalue weighted by Gasteiger charge is 2.26. The Kier molecular flexibility index (Phi) is 4.78. The van der Waals surface area contributed by atoms with E-state index >= 15 is 0 Å². The van der Waals surface area contributed by atoms with Crippen LogP contribution in [0.1, 0.15) is 29.2 Å². The number of benzene rings is 3. The Balaban J connectivity index is 1.97. The third-order valence-electron chi connectivity index (χ3n) is 4.83. The summed E-state index contributed by atoms with van der Waals surface area (Å²) in [5, 5.41) is 0.620. The molecule has 1 heterocycles. The van der Waals surface area contributed by atoms with Crippen LogP contribution in [0.15, 0.2) is 83.9 Å². The molecule has 134 valence electrons. The molecule has 1 aliphatic heterocycles. The van der Waals surface area contributed by atoms with Crippen LogP contribution in [0.25, 0.3) is 0 Å². The minimum Gasteiger partial charge on any atom is -0.315 e. The Bertz CT molecular complexity index is 999. The summed E-state index contributed by atoms with van der Waals surface area (Å²) in [7, 11) is 1.81. The highest BCUT2D eigenvalue weighted by atomic mass is 35.5. The zero-order chi connectivity index (χ0) is 18.8. The number of nitrogens with zero attached hydrogens (tertiary/aromatic N) is 2. The van der Waals surface area contributed by atoms with Crippen molar-refractivity contribution in [2.75, 3.05) is 11.9 Å². The minimum absolute atomic E-state index is 0.0308. The second kappa shape index (κ2) is 7.37. The van der Waals surface area contributed by atoms with E-state index in [-0.39, 0.29) is 11.9 Å². The highest BCUT2D eigenvalue weighted by molar-refractivity contribution is 6.31. The lowest BCUT2D eigenvalue weighted by Gasteiger charge is -2.27. The fraction of sp³-hybridized carbons (Fsp3) is 0.130. The van der Waals surface area contributed by atoms with Crippen LogP contribution >= 0.6 is 11.6 Å². The lowest BCUT2D eigenvalue weighted by Crippen LogP contribution is -2.31. The molecule has 1 atom stereocenters. The topological polar surface area (TPSA) is 32.7 Å². The Hall–Kier alpha value is -2.91. The molecule has 1 amide bonds. The summed E-state index contributed by atoms with van der Waals surface area (Å²) >= 11 is 6.30. The van der Waals surface area contributed by atoms with E-state index in [0.717, 1.165) is 28.1 Å². The second-order valence-electron chi connectivity index (χ2n) is 6.59. The SMILES string of the molecule is CN1C(=O)C[C@@H](c2ccccc2)N=C(c2ccccc2)c2cc(Cl)ccc21. The molecule has 0 unspecified atom stereocenters. The van der Waals surface area contributed by atoms with Gasteiger partial charge >= 0.3 is 0 Å². The normalized spacial score (nSPS) is 17.0. The van der Waals surface area contributed by atoms with Crippen LogP contribution in [-0.2, 0) is 4.79 Å². The molecule has 0 bridgehead atoms. The summed E-state index contributed by atoms with van der Waals surface area (Å²) in [5.74, 6) is 0.0308. The van der Waals surface area contributed by atoms with E-state index in [1.54, 1.807) is 4.90 Å². The standard InChI is InChI=1S/C23H19ClN2O/c1-26-21-13-12-18(24)14-19(21)23(17-10-6-3-7-11-17)25-20(15-22(26)27)16-8-4-2-5-9-16/h2-14,20H,15H2,1H3/t20-/m0/s1. The van der Waals surface area contributed by atoms with Gasteiger partial charge in [0.15, 0.2) is 0 Å². The highest BCUT2D eigenvalue weighted by Crippen LogP contribution is 2.33. The van der Waals surface area contributed by atoms with Crippen molar-refractivity contribution in [3.63, 3.8) is 0 Å². The van der Waals surface area contributed by atoms with Gasteiger partial charge in [0.1, 0.15) is 0 Å². The van der Waals surface area contributed by atoms with Crippen molar-refractivity contribution >= 4 is 28.9 Å². The zero-order valence-corrected chi connectivity index (χ0v) is 15.7. The molecule has 27 heavy (non-hydrogen) atoms. The molecule has 4 rings (SSSR count). The van der Waals surface area contributed by atoms with Gasteiger partial charge < -0.3 is 4.90 Å². The molecule has 0 spiro atoms. The summed E-state index contributed by atoms with van der Waals surface area (Å²) in [6.07, 6.45) is 0.318. The summed E-state index contributed by atoms with van der Waals surface area (Å²) in [4.78, 5) is 19.6. The van der Waals surface area contributed by atoms with Gasteiger partial charge in [0.05, 0.1) is 23.9 Å². The number of rotatable bonds is 2. The van der Waals surface area contributed by atoms with Gasteiger partial charge in [0, 0.05) is 23.2 Å². The molecular formula is C23H19ClN2O. The van der Waals surface area contributed by atoms with Crippen molar-refractivity contribution in [2.45, 2.75) is 12.5 Å². The van der Waals surface area contributed by atoms with Crippen LogP contribution in [0, 0.1) is 0 Å². The molecule has 0 N–H and O–H groups in total. The summed E-state index contributed by atoms with van der Waals surface area (Å²) < 4.78 is 0. The first-order valence-electron chi connectivity index (χ1n) is 8.88. The van der Waals surface area contributed by atoms with E-state index in [9.17, 15) is 4.79 Å². The molecule has 0 fully saturated rings. The lowest BCUT2D eigenvalue weighted by molar-refractivity contribution is -0.118. The molecule has 3 aromatic carbocycles. The fourth-order valence-corrected chi connectivity index (χ4v) is 3.56. The summed E-state index contributed by atoms with van der Waals surface area (Å²) in [6.45, 7) is 0. The van der Waals surface area contributed by atoms with Gasteiger partial charge in [0.25, 0.3) is 0 Å². The number of hydrogen-bond donors (Lipinski definition) is 0. The number of fused-ring (bicyclic) bond motifs is 1. The van der Waals surface area contributed by atoms with Crippen LogP contribution in [0.4, 0.5) is 5.69 Å². The predicted octanol–water partition coefficient (Wildman–Crippen LogP) is 5.29. The van der Waals surface area contributed by atoms with Crippen LogP contribution in [0.2, 0.25) is 5.02 Å². The van der Waals surface area contributed by atoms with E-state index in [2.05, 4.69) is 0 Å². The largest absolute Gasteiger partial charge is 0.315 e. The van der Waals surface area contributed by atoms with Gasteiger partial charge in [-0.2, -0.15) is 0 Å². The molecule has 3 aromatic rings. The Morgan fingerprint density at radius 2 is 1.63 bits per heavy atom. The minimum atomic E-state index is -0.247. The van der Waals surface area contributed by atoms with Gasteiger partial charge in [-0.25, -0.2) is 0 Å². The third-order valence-corrected chi connectivity index (χ3v) is 5.07. The van der Waals surface area contributed by atoms with Crippen molar-refractivity contribution in [2.24, 2.45) is 4.99 Å². The van der Waals surface area contributed by atoms with E-state index in [1.807, 2.05) is 85.9 Å². The number of halogens is 1. The molecule has 0 aromatic heterocycles. The van der Waals surface area contributed by atoms with Gasteiger partial charge in [-0.3, -0.25) is 9.79 Å². The van der Waals surface area contributed by atoms with E-state index in [0.29, 0.717) is 11.4 Å². The number of aliphatic imine (C=N–C) groups is 1. The maximum Gasteiger partial charge on any atom is 0.229 e. The molecule has 4 heteroatoms. The maximum absolute atomic E-state index is 12.9. The molecule has 0 saturated heterocycles. The van der Waals surface area contributed by atoms with E-state index < -0.39 is 0 Å². The predicted molar refractivity (Wildman–Crippen MR) is 111 cm³/mol. The van der Waals surface area contributed by atoms with Crippen molar-refractivity contribution in [3.8, 4) is 0 Å². The lowest BCUT2D eigenvalue weighted by atomic mass is 9.95. The van der Waals surface area contributed by atoms with Crippen molar-refractivity contribution in [3.05, 3.63) is 101 Å². The molecular weight excluding hydrogens is 356 g/mol. The third kappa shape index (κ3) is 3.51. The van der Waals surface area contributed by atoms with Crippen LogP contribution in [-0.4, -0.2) is 18.7 Å². The zero-order valence-electron chi connectivity index (χ0n) is 15.0. The second-order valence-corrected chi connectivity index (χ2v) is 7.02. The fourth-order valence-electron chi connectivity index (χ4n) is 3.39. The number of hydrogen-bond acceptors (Lipinski definition) is 2. The Morgan fingerprint density at radius 1 is 0.963 bits per heavy atom. The van der Waals surface area contributed by atoms with Gasteiger partial charge in [-0.1, -0.05) is 72.3 Å². The molecule has 3 nitrogen and oxygen atoms in total. The van der Waals surface area contributed by atoms with Crippen LogP contribution in [0.5, 0.6) is 0 Å². The first-order chi connectivity index (χ1) is 13.1. The average molecular weight is 375 g/mol. The van der Waals surface area contributed by atoms with Gasteiger partial charge in [-0.15, -0.1) is 0 Å². The van der Waals surface area contributed by atoms with Crippen molar-refractivity contribution in [1.82, 2.24) is 0 Å². The Morgan fingerprint density at radius 3 is 2.33 bits per heavy atom. The number of amides is 1. The molecule has 1 aliphatic rings. The first kappa shape index (κ1) is 17.5. The summed E-state index contributed by atoms with van der Waals surface area (Å²) in [6, 6.07) is 25.3. The maximum atomic E-state index is 12.9. The van der Waals surface area contributed by atoms with Gasteiger partial charge in [0.2, 0.25) is 5.91 Å². The monoisotopic (exact) mass is 374 g/mol. The van der Waals surface area contributed by atoms with E-state index in [1.165, 1.54) is 0 Å². The molecule has 0 aliphatic carbocycles. The van der Waals surface area contributed by atoms with E-state index in [4.69, 9.17) is 16.6 Å².